The van der Waals surface area contributed by atoms with Crippen LogP contribution in [-0.4, -0.2) is 27.4 Å². The molecule has 0 saturated heterocycles. The number of imidazole rings is 1. The Bertz CT molecular complexity index is 1140. The normalized spacial score (nSPS) is 11.7. The van der Waals surface area contributed by atoms with E-state index in [9.17, 15) is 9.59 Å². The molecule has 0 aliphatic rings. The second-order valence-electron chi connectivity index (χ2n) is 7.05. The van der Waals surface area contributed by atoms with Crippen LogP contribution in [0.1, 0.15) is 15.9 Å². The van der Waals surface area contributed by atoms with Gasteiger partial charge >= 0.3 is 0 Å². The highest BCUT2D eigenvalue weighted by Gasteiger charge is 2.22. The standard InChI is InChI=1S/C24H22N4O2/c29-23(21-11-10-19-8-4-5-9-20(19)14-21)27-22(16-28-13-12-25-17-28)24(30)26-15-18-6-2-1-3-7-18/h1-14,17,22H,15-16H2,(H,26,30)(H,27,29). The lowest BCUT2D eigenvalue weighted by atomic mass is 10.1. The first kappa shape index (κ1) is 19.4. The summed E-state index contributed by atoms with van der Waals surface area (Å²) in [5.41, 5.74) is 1.51. The molecule has 1 atom stereocenters. The first-order valence-corrected chi connectivity index (χ1v) is 9.76. The third-order valence-electron chi connectivity index (χ3n) is 4.90. The van der Waals surface area contributed by atoms with Crippen molar-refractivity contribution >= 4 is 22.6 Å². The zero-order chi connectivity index (χ0) is 20.8. The Kier molecular flexibility index (Phi) is 5.85. The highest BCUT2D eigenvalue weighted by Crippen LogP contribution is 2.15. The van der Waals surface area contributed by atoms with Crippen molar-refractivity contribution in [3.63, 3.8) is 0 Å². The molecule has 0 aliphatic heterocycles. The second kappa shape index (κ2) is 9.05. The van der Waals surface area contributed by atoms with Gasteiger partial charge in [-0.15, -0.1) is 0 Å². The van der Waals surface area contributed by atoms with E-state index in [4.69, 9.17) is 0 Å². The summed E-state index contributed by atoms with van der Waals surface area (Å²) in [6, 6.07) is 22.3. The Morgan fingerprint density at radius 2 is 1.70 bits per heavy atom. The van der Waals surface area contributed by atoms with Gasteiger partial charge in [-0.05, 0) is 28.5 Å². The molecule has 1 unspecified atom stereocenters. The summed E-state index contributed by atoms with van der Waals surface area (Å²) in [6.45, 7) is 0.686. The largest absolute Gasteiger partial charge is 0.350 e. The van der Waals surface area contributed by atoms with E-state index < -0.39 is 6.04 Å². The van der Waals surface area contributed by atoms with Gasteiger partial charge in [0.25, 0.3) is 5.91 Å². The van der Waals surface area contributed by atoms with E-state index in [2.05, 4.69) is 15.6 Å². The fourth-order valence-corrected chi connectivity index (χ4v) is 3.28. The van der Waals surface area contributed by atoms with Gasteiger partial charge in [-0.3, -0.25) is 9.59 Å². The Hall–Kier alpha value is -3.93. The van der Waals surface area contributed by atoms with E-state index in [0.29, 0.717) is 18.7 Å². The average Bonchev–Trinajstić information content (AvgIpc) is 3.30. The van der Waals surface area contributed by atoms with E-state index in [1.165, 1.54) is 0 Å². The summed E-state index contributed by atoms with van der Waals surface area (Å²) in [4.78, 5) is 29.8. The van der Waals surface area contributed by atoms with Gasteiger partial charge in [0.2, 0.25) is 5.91 Å². The van der Waals surface area contributed by atoms with Gasteiger partial charge in [0.05, 0.1) is 12.9 Å². The van der Waals surface area contributed by atoms with Crippen LogP contribution in [0.2, 0.25) is 0 Å². The fraction of sp³-hybridized carbons (Fsp3) is 0.125. The summed E-state index contributed by atoms with van der Waals surface area (Å²) in [5.74, 6) is -0.539. The van der Waals surface area contributed by atoms with E-state index in [1.54, 1.807) is 29.4 Å². The highest BCUT2D eigenvalue weighted by atomic mass is 16.2. The zero-order valence-electron chi connectivity index (χ0n) is 16.4. The average molecular weight is 398 g/mol. The lowest BCUT2D eigenvalue weighted by Crippen LogP contribution is -2.48. The van der Waals surface area contributed by atoms with Gasteiger partial charge in [0.1, 0.15) is 6.04 Å². The maximum atomic E-state index is 12.9. The number of hydrogen-bond donors (Lipinski definition) is 2. The third kappa shape index (κ3) is 4.72. The molecule has 4 rings (SSSR count). The van der Waals surface area contributed by atoms with Gasteiger partial charge in [-0.1, -0.05) is 60.7 Å². The fourth-order valence-electron chi connectivity index (χ4n) is 3.28. The van der Waals surface area contributed by atoms with Gasteiger partial charge < -0.3 is 15.2 Å². The van der Waals surface area contributed by atoms with Crippen molar-refractivity contribution < 1.29 is 9.59 Å². The Morgan fingerprint density at radius 3 is 2.47 bits per heavy atom. The van der Waals surface area contributed by atoms with Crippen molar-refractivity contribution in [2.75, 3.05) is 0 Å². The minimum atomic E-state index is -0.734. The molecule has 1 aromatic heterocycles. The monoisotopic (exact) mass is 398 g/mol. The Labute approximate surface area is 174 Å². The number of fused-ring (bicyclic) bond motifs is 1. The van der Waals surface area contributed by atoms with Crippen LogP contribution in [0, 0.1) is 0 Å². The van der Waals surface area contributed by atoms with E-state index in [-0.39, 0.29) is 11.8 Å². The van der Waals surface area contributed by atoms with Gasteiger partial charge in [-0.25, -0.2) is 4.98 Å². The maximum Gasteiger partial charge on any atom is 0.252 e. The number of nitrogens with one attached hydrogen (secondary N) is 2. The highest BCUT2D eigenvalue weighted by molar-refractivity contribution is 6.00. The van der Waals surface area contributed by atoms with Crippen LogP contribution in [0.3, 0.4) is 0 Å². The predicted molar refractivity (Wildman–Crippen MR) is 116 cm³/mol. The molecule has 30 heavy (non-hydrogen) atoms. The van der Waals surface area contributed by atoms with Crippen molar-refractivity contribution in [1.82, 2.24) is 20.2 Å². The van der Waals surface area contributed by atoms with Crippen LogP contribution in [0.5, 0.6) is 0 Å². The molecule has 6 heteroatoms. The van der Waals surface area contributed by atoms with E-state index >= 15 is 0 Å². The topological polar surface area (TPSA) is 76.0 Å². The van der Waals surface area contributed by atoms with Crippen LogP contribution < -0.4 is 10.6 Å². The molecule has 6 nitrogen and oxygen atoms in total. The molecule has 0 spiro atoms. The Morgan fingerprint density at radius 1 is 0.933 bits per heavy atom. The molecule has 1 heterocycles. The molecule has 0 radical (unpaired) electrons. The minimum absolute atomic E-state index is 0.248. The van der Waals surface area contributed by atoms with Crippen LogP contribution in [0.4, 0.5) is 0 Å². The molecule has 4 aromatic rings. The predicted octanol–water partition coefficient (Wildman–Crippen LogP) is 3.15. The number of rotatable bonds is 7. The molecule has 150 valence electrons. The number of hydrogen-bond acceptors (Lipinski definition) is 3. The number of carbonyl (C=O) groups excluding carboxylic acids is 2. The zero-order valence-corrected chi connectivity index (χ0v) is 16.4. The summed E-state index contributed by atoms with van der Waals surface area (Å²) >= 11 is 0. The Balaban J connectivity index is 1.49. The van der Waals surface area contributed by atoms with Crippen LogP contribution in [0.25, 0.3) is 10.8 Å². The van der Waals surface area contributed by atoms with E-state index in [0.717, 1.165) is 16.3 Å². The van der Waals surface area contributed by atoms with Crippen molar-refractivity contribution in [3.05, 3.63) is 103 Å². The van der Waals surface area contributed by atoms with Gasteiger partial charge in [0, 0.05) is 24.5 Å². The second-order valence-corrected chi connectivity index (χ2v) is 7.05. The molecule has 2 amide bonds. The van der Waals surface area contributed by atoms with Crippen molar-refractivity contribution in [3.8, 4) is 0 Å². The summed E-state index contributed by atoms with van der Waals surface area (Å²) in [6.07, 6.45) is 5.03. The number of benzene rings is 3. The summed E-state index contributed by atoms with van der Waals surface area (Å²) in [7, 11) is 0. The molecule has 2 N–H and O–H groups in total. The van der Waals surface area contributed by atoms with Crippen molar-refractivity contribution in [2.24, 2.45) is 0 Å². The van der Waals surface area contributed by atoms with E-state index in [1.807, 2.05) is 66.7 Å². The summed E-state index contributed by atoms with van der Waals surface area (Å²) < 4.78 is 1.77. The molecular formula is C24H22N4O2. The van der Waals surface area contributed by atoms with Crippen LogP contribution in [-0.2, 0) is 17.9 Å². The first-order valence-electron chi connectivity index (χ1n) is 9.76. The molecule has 0 saturated carbocycles. The molecule has 3 aromatic carbocycles. The van der Waals surface area contributed by atoms with Gasteiger partial charge in [0.15, 0.2) is 0 Å². The molecule has 0 bridgehead atoms. The van der Waals surface area contributed by atoms with Crippen molar-refractivity contribution in [2.45, 2.75) is 19.1 Å². The number of aromatic nitrogens is 2. The first-order chi connectivity index (χ1) is 14.7. The quantitative estimate of drug-likeness (QED) is 0.502. The van der Waals surface area contributed by atoms with Crippen LogP contribution >= 0.6 is 0 Å². The minimum Gasteiger partial charge on any atom is -0.350 e. The smallest absolute Gasteiger partial charge is 0.252 e. The number of amides is 2. The molecule has 0 aliphatic carbocycles. The van der Waals surface area contributed by atoms with Crippen molar-refractivity contribution in [1.29, 1.82) is 0 Å². The lowest BCUT2D eigenvalue weighted by molar-refractivity contribution is -0.123. The van der Waals surface area contributed by atoms with Gasteiger partial charge in [-0.2, -0.15) is 0 Å². The molecular weight excluding hydrogens is 376 g/mol. The molecule has 0 fully saturated rings. The van der Waals surface area contributed by atoms with Crippen LogP contribution in [0.15, 0.2) is 91.5 Å². The SMILES string of the molecule is O=C(NC(Cn1ccnc1)C(=O)NCc1ccccc1)c1ccc2ccccc2c1. The third-order valence-corrected chi connectivity index (χ3v) is 4.90. The number of nitrogens with zero attached hydrogens (tertiary/aromatic N) is 2. The summed E-state index contributed by atoms with van der Waals surface area (Å²) in [5, 5.41) is 7.82. The maximum absolute atomic E-state index is 12.9. The number of carbonyl (C=O) groups is 2. The lowest BCUT2D eigenvalue weighted by Gasteiger charge is -2.19.